The van der Waals surface area contributed by atoms with E-state index in [-0.39, 0.29) is 0 Å². The highest BCUT2D eigenvalue weighted by Crippen LogP contribution is 2.27. The molecule has 1 heterocycles. The Morgan fingerprint density at radius 3 is 2.00 bits per heavy atom. The van der Waals surface area contributed by atoms with Gasteiger partial charge in [-0.3, -0.25) is 4.99 Å². The van der Waals surface area contributed by atoms with Crippen molar-refractivity contribution in [1.82, 2.24) is 4.57 Å². The smallest absolute Gasteiger partial charge is 0.147 e. The third kappa shape index (κ3) is 2.81. The quantitative estimate of drug-likeness (QED) is 0.676. The maximum atomic E-state index is 4.40. The summed E-state index contributed by atoms with van der Waals surface area (Å²) in [4.78, 5) is 4.40. The SMILES string of the molecule is CC1=CN=CC([Si](C)(C)C)N1[Si](C)(C)C. The van der Waals surface area contributed by atoms with E-state index in [2.05, 4.69) is 62.0 Å². The Morgan fingerprint density at radius 1 is 1.13 bits per heavy atom. The Labute approximate surface area is 96.2 Å². The van der Waals surface area contributed by atoms with Crippen LogP contribution in [0.4, 0.5) is 0 Å². The first kappa shape index (κ1) is 12.7. The van der Waals surface area contributed by atoms with E-state index in [4.69, 9.17) is 0 Å². The summed E-state index contributed by atoms with van der Waals surface area (Å²) < 4.78 is 2.66. The molecule has 0 fully saturated rings. The molecule has 0 aromatic heterocycles. The van der Waals surface area contributed by atoms with E-state index in [1.807, 2.05) is 6.20 Å². The summed E-state index contributed by atoms with van der Waals surface area (Å²) >= 11 is 0. The highest BCUT2D eigenvalue weighted by Gasteiger charge is 2.38. The summed E-state index contributed by atoms with van der Waals surface area (Å²) in [6, 6.07) is 0. The Morgan fingerprint density at radius 2 is 1.67 bits per heavy atom. The third-order valence-corrected chi connectivity index (χ3v) is 7.27. The highest BCUT2D eigenvalue weighted by atomic mass is 28.3. The largest absolute Gasteiger partial charge is 0.395 e. The van der Waals surface area contributed by atoms with Crippen LogP contribution < -0.4 is 0 Å². The van der Waals surface area contributed by atoms with Crippen LogP contribution in [0.2, 0.25) is 39.3 Å². The first-order chi connectivity index (χ1) is 6.64. The van der Waals surface area contributed by atoms with Crippen molar-refractivity contribution in [3.63, 3.8) is 0 Å². The second-order valence-corrected chi connectivity index (χ2v) is 16.6. The monoisotopic (exact) mass is 240 g/mol. The normalized spacial score (nSPS) is 23.0. The molecule has 0 N–H and O–H groups in total. The maximum absolute atomic E-state index is 4.40. The van der Waals surface area contributed by atoms with E-state index in [1.165, 1.54) is 5.70 Å². The van der Waals surface area contributed by atoms with Gasteiger partial charge in [-0.05, 0) is 6.92 Å². The van der Waals surface area contributed by atoms with E-state index >= 15 is 0 Å². The van der Waals surface area contributed by atoms with E-state index in [0.717, 1.165) is 0 Å². The first-order valence-electron chi connectivity index (χ1n) is 5.63. The van der Waals surface area contributed by atoms with Crippen LogP contribution in [0.5, 0.6) is 0 Å². The molecule has 1 aliphatic rings. The minimum atomic E-state index is -1.28. The fraction of sp³-hybridized carbons (Fsp3) is 0.727. The Hall–Kier alpha value is -0.356. The van der Waals surface area contributed by atoms with Crippen molar-refractivity contribution >= 4 is 22.5 Å². The molecule has 15 heavy (non-hydrogen) atoms. The van der Waals surface area contributed by atoms with Crippen molar-refractivity contribution in [2.75, 3.05) is 0 Å². The van der Waals surface area contributed by atoms with Gasteiger partial charge in [0.05, 0.1) is 8.07 Å². The maximum Gasteiger partial charge on any atom is 0.147 e. The third-order valence-electron chi connectivity index (χ3n) is 2.76. The molecule has 0 aromatic rings. The molecule has 1 rings (SSSR count). The van der Waals surface area contributed by atoms with Gasteiger partial charge in [0.2, 0.25) is 0 Å². The van der Waals surface area contributed by atoms with Crippen LogP contribution in [0.1, 0.15) is 6.92 Å². The zero-order valence-corrected chi connectivity index (χ0v) is 13.1. The van der Waals surface area contributed by atoms with Gasteiger partial charge in [-0.2, -0.15) is 0 Å². The van der Waals surface area contributed by atoms with Crippen LogP contribution in [0.25, 0.3) is 0 Å². The molecule has 4 heteroatoms. The van der Waals surface area contributed by atoms with Crippen molar-refractivity contribution in [2.45, 2.75) is 51.9 Å². The van der Waals surface area contributed by atoms with Gasteiger partial charge in [-0.15, -0.1) is 0 Å². The number of nitrogens with zero attached hydrogens (tertiary/aromatic N) is 2. The van der Waals surface area contributed by atoms with Crippen molar-refractivity contribution < 1.29 is 0 Å². The first-order valence-corrected chi connectivity index (χ1v) is 12.7. The van der Waals surface area contributed by atoms with Crippen molar-refractivity contribution in [3.05, 3.63) is 11.9 Å². The average molecular weight is 240 g/mol. The molecule has 86 valence electrons. The Balaban J connectivity index is 3.08. The summed E-state index contributed by atoms with van der Waals surface area (Å²) in [7, 11) is -2.48. The number of hydrogen-bond donors (Lipinski definition) is 0. The molecule has 1 atom stereocenters. The standard InChI is InChI=1S/C11H24N2Si2/c1-10-8-12-9-11(14(2,3)4)13(10)15(5,6)7/h8-9,11H,1-7H3. The average Bonchev–Trinajstić information content (AvgIpc) is 1.99. The second-order valence-electron chi connectivity index (χ2n) is 6.42. The molecule has 0 spiro atoms. The summed E-state index contributed by atoms with van der Waals surface area (Å²) in [6.45, 7) is 16.7. The minimum Gasteiger partial charge on any atom is -0.395 e. The lowest BCUT2D eigenvalue weighted by molar-refractivity contribution is 0.534. The summed E-state index contributed by atoms with van der Waals surface area (Å²) in [5.74, 6) is 0. The van der Waals surface area contributed by atoms with Crippen LogP contribution in [0.3, 0.4) is 0 Å². The van der Waals surface area contributed by atoms with E-state index in [9.17, 15) is 0 Å². The molecule has 0 radical (unpaired) electrons. The topological polar surface area (TPSA) is 15.6 Å². The van der Waals surface area contributed by atoms with Gasteiger partial charge in [0.15, 0.2) is 0 Å². The number of allylic oxidation sites excluding steroid dienone is 1. The van der Waals surface area contributed by atoms with Gasteiger partial charge >= 0.3 is 0 Å². The molecule has 0 aliphatic carbocycles. The molecular formula is C11H24N2Si2. The van der Waals surface area contributed by atoms with Gasteiger partial charge in [0, 0.05) is 23.8 Å². The van der Waals surface area contributed by atoms with Crippen LogP contribution in [0, 0.1) is 0 Å². The molecule has 0 bridgehead atoms. The van der Waals surface area contributed by atoms with Gasteiger partial charge < -0.3 is 4.57 Å². The van der Waals surface area contributed by atoms with Crippen molar-refractivity contribution in [3.8, 4) is 0 Å². The van der Waals surface area contributed by atoms with Crippen molar-refractivity contribution in [2.24, 2.45) is 4.99 Å². The van der Waals surface area contributed by atoms with Crippen LogP contribution in [-0.4, -0.2) is 32.8 Å². The summed E-state index contributed by atoms with van der Waals surface area (Å²) in [5.41, 5.74) is 1.93. The van der Waals surface area contributed by atoms with E-state index < -0.39 is 16.3 Å². The number of rotatable bonds is 2. The predicted octanol–water partition coefficient (Wildman–Crippen LogP) is 3.32. The number of hydrogen-bond acceptors (Lipinski definition) is 2. The van der Waals surface area contributed by atoms with E-state index in [1.54, 1.807) is 0 Å². The Kier molecular flexibility index (Phi) is 3.31. The molecule has 1 aliphatic heterocycles. The number of aliphatic imine (C=N–C) groups is 1. The van der Waals surface area contributed by atoms with Crippen LogP contribution >= 0.6 is 0 Å². The van der Waals surface area contributed by atoms with Gasteiger partial charge in [0.1, 0.15) is 8.24 Å². The zero-order chi connectivity index (χ0) is 11.9. The lowest BCUT2D eigenvalue weighted by Crippen LogP contribution is -2.60. The second kappa shape index (κ2) is 3.90. The molecule has 0 amide bonds. The molecular weight excluding hydrogens is 216 g/mol. The molecule has 2 nitrogen and oxygen atoms in total. The van der Waals surface area contributed by atoms with Crippen molar-refractivity contribution in [1.29, 1.82) is 0 Å². The lowest BCUT2D eigenvalue weighted by Gasteiger charge is -2.47. The van der Waals surface area contributed by atoms with E-state index in [0.29, 0.717) is 5.67 Å². The highest BCUT2D eigenvalue weighted by molar-refractivity contribution is 6.83. The summed E-state index contributed by atoms with van der Waals surface area (Å²) in [6.07, 6.45) is 4.17. The fourth-order valence-corrected chi connectivity index (χ4v) is 7.99. The zero-order valence-electron chi connectivity index (χ0n) is 11.1. The minimum absolute atomic E-state index is 0.578. The summed E-state index contributed by atoms with van der Waals surface area (Å²) in [5, 5.41) is 0. The molecule has 0 saturated heterocycles. The van der Waals surface area contributed by atoms with Gasteiger partial charge in [-0.25, -0.2) is 0 Å². The van der Waals surface area contributed by atoms with Gasteiger partial charge in [-0.1, -0.05) is 39.3 Å². The lowest BCUT2D eigenvalue weighted by atomic mass is 10.4. The van der Waals surface area contributed by atoms with Crippen LogP contribution in [0.15, 0.2) is 16.9 Å². The Bertz CT molecular complexity index is 295. The predicted molar refractivity (Wildman–Crippen MR) is 74.6 cm³/mol. The molecule has 0 saturated carbocycles. The molecule has 0 aromatic carbocycles. The fourth-order valence-electron chi connectivity index (χ4n) is 2.14. The van der Waals surface area contributed by atoms with Gasteiger partial charge in [0.25, 0.3) is 0 Å². The molecule has 1 unspecified atom stereocenters. The van der Waals surface area contributed by atoms with Crippen LogP contribution in [-0.2, 0) is 0 Å².